The molecule has 0 radical (unpaired) electrons. The van der Waals surface area contributed by atoms with E-state index in [1.807, 2.05) is 42.4 Å². The zero-order valence-electron chi connectivity index (χ0n) is 17.3. The van der Waals surface area contributed by atoms with Crippen molar-refractivity contribution >= 4 is 23.8 Å². The highest BCUT2D eigenvalue weighted by Gasteiger charge is 2.21. The highest BCUT2D eigenvalue weighted by molar-refractivity contribution is 7.71. The average molecular weight is 452 g/mol. The zero-order chi connectivity index (χ0) is 22.0. The van der Waals surface area contributed by atoms with Gasteiger partial charge in [-0.05, 0) is 76.7 Å². The molecule has 0 N–H and O–H groups in total. The summed E-state index contributed by atoms with van der Waals surface area (Å²) in [5.41, 5.74) is 1.16. The van der Waals surface area contributed by atoms with Crippen molar-refractivity contribution in [2.45, 2.75) is 26.2 Å². The Morgan fingerprint density at radius 2 is 1.77 bits per heavy atom. The molecular formula is C21H24ClF2N5S. The minimum atomic E-state index is -0.350. The van der Waals surface area contributed by atoms with Crippen molar-refractivity contribution in [2.75, 3.05) is 21.1 Å². The minimum Gasteiger partial charge on any atom is -0.300 e. The zero-order valence-corrected chi connectivity index (χ0v) is 18.9. The van der Waals surface area contributed by atoms with Gasteiger partial charge in [-0.15, -0.1) is 0 Å². The number of benzene rings is 2. The molecular weight excluding hydrogens is 428 g/mol. The first-order chi connectivity index (χ1) is 14.2. The second kappa shape index (κ2) is 9.34. The molecule has 9 heteroatoms. The molecule has 0 aliphatic heterocycles. The largest absolute Gasteiger partial charge is 0.300 e. The maximum Gasteiger partial charge on any atom is 0.203 e. The number of halogens is 3. The average Bonchev–Trinajstić information content (AvgIpc) is 3.01. The predicted molar refractivity (Wildman–Crippen MR) is 117 cm³/mol. The molecule has 1 atom stereocenters. The van der Waals surface area contributed by atoms with Crippen LogP contribution in [-0.2, 0) is 13.2 Å². The monoisotopic (exact) mass is 451 g/mol. The Balaban J connectivity index is 1.96. The Labute approximate surface area is 185 Å². The summed E-state index contributed by atoms with van der Waals surface area (Å²) in [6, 6.07) is 10.7. The molecule has 0 saturated carbocycles. The summed E-state index contributed by atoms with van der Waals surface area (Å²) in [4.78, 5) is 3.90. The summed E-state index contributed by atoms with van der Waals surface area (Å²) >= 11 is 11.8. The van der Waals surface area contributed by atoms with Gasteiger partial charge in [0.05, 0.1) is 12.7 Å². The lowest BCUT2D eigenvalue weighted by Crippen LogP contribution is -2.24. The Bertz CT molecular complexity index is 1060. The third-order valence-corrected chi connectivity index (χ3v) is 5.71. The molecule has 0 amide bonds. The quantitative estimate of drug-likeness (QED) is 0.470. The van der Waals surface area contributed by atoms with E-state index >= 15 is 0 Å². The van der Waals surface area contributed by atoms with Gasteiger partial charge in [0.15, 0.2) is 5.82 Å². The van der Waals surface area contributed by atoms with Crippen LogP contribution in [-0.4, -0.2) is 45.3 Å². The highest BCUT2D eigenvalue weighted by Crippen LogP contribution is 2.23. The SMILES string of the molecule is CC(c1nn(CN(C)Cc2c(F)cccc2Cl)c(=S)n1-c1ccc(F)cc1)N(C)C. The van der Waals surface area contributed by atoms with Gasteiger partial charge in [0.1, 0.15) is 11.6 Å². The lowest BCUT2D eigenvalue weighted by molar-refractivity contribution is 0.238. The number of aromatic nitrogens is 3. The van der Waals surface area contributed by atoms with Gasteiger partial charge < -0.3 is 0 Å². The van der Waals surface area contributed by atoms with Crippen LogP contribution in [0.25, 0.3) is 5.69 Å². The maximum absolute atomic E-state index is 14.2. The van der Waals surface area contributed by atoms with Crippen molar-refractivity contribution in [1.82, 2.24) is 24.1 Å². The number of hydrogen-bond donors (Lipinski definition) is 0. The van der Waals surface area contributed by atoms with Crippen LogP contribution in [0.3, 0.4) is 0 Å². The van der Waals surface area contributed by atoms with E-state index in [0.717, 1.165) is 11.5 Å². The van der Waals surface area contributed by atoms with Gasteiger partial charge in [-0.2, -0.15) is 5.10 Å². The summed E-state index contributed by atoms with van der Waals surface area (Å²) in [5, 5.41) is 5.11. The number of nitrogens with zero attached hydrogens (tertiary/aromatic N) is 5. The predicted octanol–water partition coefficient (Wildman–Crippen LogP) is 5.05. The van der Waals surface area contributed by atoms with Crippen LogP contribution in [0.15, 0.2) is 42.5 Å². The fraction of sp³-hybridized carbons (Fsp3) is 0.333. The van der Waals surface area contributed by atoms with Crippen molar-refractivity contribution in [2.24, 2.45) is 0 Å². The lowest BCUT2D eigenvalue weighted by atomic mass is 10.2. The topological polar surface area (TPSA) is 29.2 Å². The van der Waals surface area contributed by atoms with Gasteiger partial charge in [-0.3, -0.25) is 14.4 Å². The summed E-state index contributed by atoms with van der Waals surface area (Å²) in [6.45, 7) is 2.66. The molecule has 160 valence electrons. The first kappa shape index (κ1) is 22.6. The third-order valence-electron chi connectivity index (χ3n) is 4.96. The Morgan fingerprint density at radius 3 is 2.37 bits per heavy atom. The molecule has 0 saturated heterocycles. The van der Waals surface area contributed by atoms with Crippen molar-refractivity contribution in [3.05, 3.63) is 75.3 Å². The fourth-order valence-electron chi connectivity index (χ4n) is 3.08. The van der Waals surface area contributed by atoms with Crippen LogP contribution >= 0.6 is 23.8 Å². The van der Waals surface area contributed by atoms with E-state index in [0.29, 0.717) is 28.6 Å². The van der Waals surface area contributed by atoms with Crippen molar-refractivity contribution in [1.29, 1.82) is 0 Å². The van der Waals surface area contributed by atoms with Crippen LogP contribution in [0.2, 0.25) is 5.02 Å². The number of hydrogen-bond acceptors (Lipinski definition) is 4. The summed E-state index contributed by atoms with van der Waals surface area (Å²) in [7, 11) is 5.75. The Morgan fingerprint density at radius 1 is 1.10 bits per heavy atom. The summed E-state index contributed by atoms with van der Waals surface area (Å²) in [5.74, 6) is 0.0620. The highest BCUT2D eigenvalue weighted by atomic mass is 35.5. The van der Waals surface area contributed by atoms with Crippen LogP contribution in [0.4, 0.5) is 8.78 Å². The second-order valence-electron chi connectivity index (χ2n) is 7.45. The van der Waals surface area contributed by atoms with E-state index in [1.165, 1.54) is 18.2 Å². The van der Waals surface area contributed by atoms with E-state index in [4.69, 9.17) is 28.9 Å². The van der Waals surface area contributed by atoms with Crippen molar-refractivity contribution in [3.8, 4) is 5.69 Å². The molecule has 3 aromatic rings. The Hall–Kier alpha value is -2.13. The molecule has 3 rings (SSSR count). The first-order valence-electron chi connectivity index (χ1n) is 9.42. The number of rotatable bonds is 7. The van der Waals surface area contributed by atoms with Gasteiger partial charge in [-0.1, -0.05) is 17.7 Å². The van der Waals surface area contributed by atoms with Gasteiger partial charge in [-0.25, -0.2) is 13.5 Å². The van der Waals surface area contributed by atoms with E-state index < -0.39 is 0 Å². The van der Waals surface area contributed by atoms with E-state index in [1.54, 1.807) is 28.9 Å². The smallest absolute Gasteiger partial charge is 0.203 e. The van der Waals surface area contributed by atoms with Crippen molar-refractivity contribution in [3.63, 3.8) is 0 Å². The molecule has 1 aromatic heterocycles. The van der Waals surface area contributed by atoms with Gasteiger partial charge in [0.2, 0.25) is 4.77 Å². The molecule has 1 unspecified atom stereocenters. The van der Waals surface area contributed by atoms with Gasteiger partial charge >= 0.3 is 0 Å². The molecule has 5 nitrogen and oxygen atoms in total. The van der Waals surface area contributed by atoms with E-state index in [-0.39, 0.29) is 17.7 Å². The molecule has 30 heavy (non-hydrogen) atoms. The van der Waals surface area contributed by atoms with E-state index in [9.17, 15) is 8.78 Å². The molecule has 0 aliphatic rings. The van der Waals surface area contributed by atoms with E-state index in [2.05, 4.69) is 0 Å². The van der Waals surface area contributed by atoms with Crippen LogP contribution in [0, 0.1) is 16.4 Å². The van der Waals surface area contributed by atoms with Crippen LogP contribution < -0.4 is 0 Å². The van der Waals surface area contributed by atoms with Crippen molar-refractivity contribution < 1.29 is 8.78 Å². The second-order valence-corrected chi connectivity index (χ2v) is 8.22. The molecule has 2 aromatic carbocycles. The Kier molecular flexibility index (Phi) is 7.02. The van der Waals surface area contributed by atoms with Gasteiger partial charge in [0, 0.05) is 22.8 Å². The summed E-state index contributed by atoms with van der Waals surface area (Å²) in [6.07, 6.45) is 0. The first-order valence-corrected chi connectivity index (χ1v) is 10.2. The lowest BCUT2D eigenvalue weighted by Gasteiger charge is -2.19. The maximum atomic E-state index is 14.2. The molecule has 0 bridgehead atoms. The fourth-order valence-corrected chi connectivity index (χ4v) is 3.60. The normalized spacial score (nSPS) is 12.7. The third kappa shape index (κ3) is 4.78. The van der Waals surface area contributed by atoms with Crippen LogP contribution in [0.1, 0.15) is 24.4 Å². The van der Waals surface area contributed by atoms with Gasteiger partial charge in [0.25, 0.3) is 0 Å². The standard InChI is InChI=1S/C21H24ClF2N5S/c1-14(26(2)3)20-25-28(21(30)29(20)16-10-8-15(23)9-11-16)13-27(4)12-17-18(22)6-5-7-19(17)24/h5-11,14H,12-13H2,1-4H3. The van der Waals surface area contributed by atoms with Crippen LogP contribution in [0.5, 0.6) is 0 Å². The summed E-state index contributed by atoms with van der Waals surface area (Å²) < 4.78 is 31.6. The minimum absolute atomic E-state index is 0.0377. The molecule has 0 spiro atoms. The molecule has 0 aliphatic carbocycles. The molecule has 0 fully saturated rings. The molecule has 1 heterocycles.